The second-order valence-electron chi connectivity index (χ2n) is 7.79. The normalized spacial score (nSPS) is 10.8. The van der Waals surface area contributed by atoms with Gasteiger partial charge >= 0.3 is 0 Å². The molecular weight excluding hydrogens is 372 g/mol. The maximum Gasteiger partial charge on any atom is 0.224 e. The van der Waals surface area contributed by atoms with Gasteiger partial charge in [-0.3, -0.25) is 9.78 Å². The van der Waals surface area contributed by atoms with Gasteiger partial charge in [0.1, 0.15) is 5.75 Å². The van der Waals surface area contributed by atoms with Gasteiger partial charge in [-0.05, 0) is 73.6 Å². The average molecular weight is 403 g/mol. The summed E-state index contributed by atoms with van der Waals surface area (Å²) >= 11 is 0. The second-order valence-corrected chi connectivity index (χ2v) is 7.79. The summed E-state index contributed by atoms with van der Waals surface area (Å²) in [6.07, 6.45) is 7.27. The molecule has 0 aliphatic rings. The molecule has 0 aliphatic carbocycles. The molecule has 0 unspecified atom stereocenters. The van der Waals surface area contributed by atoms with Gasteiger partial charge in [0.15, 0.2) is 0 Å². The average Bonchev–Trinajstić information content (AvgIpc) is 2.75. The molecule has 0 saturated carbocycles. The van der Waals surface area contributed by atoms with Crippen LogP contribution < -0.4 is 10.1 Å². The highest BCUT2D eigenvalue weighted by Gasteiger charge is 2.05. The number of aromatic nitrogens is 1. The zero-order valence-corrected chi connectivity index (χ0v) is 17.8. The van der Waals surface area contributed by atoms with E-state index in [1.807, 2.05) is 50.4 Å². The van der Waals surface area contributed by atoms with E-state index < -0.39 is 0 Å². The molecule has 4 nitrogen and oxygen atoms in total. The molecule has 0 spiro atoms. The van der Waals surface area contributed by atoms with Crippen LogP contribution in [-0.2, 0) is 17.6 Å². The Morgan fingerprint density at radius 3 is 2.27 bits per heavy atom. The lowest BCUT2D eigenvalue weighted by atomic mass is 10.0. The Morgan fingerprint density at radius 2 is 1.63 bits per heavy atom. The molecule has 1 amide bonds. The summed E-state index contributed by atoms with van der Waals surface area (Å²) in [4.78, 5) is 16.0. The number of amides is 1. The number of rotatable bonds is 10. The smallest absolute Gasteiger partial charge is 0.224 e. The van der Waals surface area contributed by atoms with Gasteiger partial charge in [0.2, 0.25) is 5.91 Å². The van der Waals surface area contributed by atoms with E-state index in [0.29, 0.717) is 13.0 Å². The molecule has 156 valence electrons. The summed E-state index contributed by atoms with van der Waals surface area (Å²) in [7, 11) is 0. The molecule has 0 atom stereocenters. The Morgan fingerprint density at radius 1 is 0.933 bits per heavy atom. The van der Waals surface area contributed by atoms with Gasteiger partial charge in [0.25, 0.3) is 0 Å². The summed E-state index contributed by atoms with van der Waals surface area (Å²) in [6, 6.07) is 20.6. The summed E-state index contributed by atoms with van der Waals surface area (Å²) < 4.78 is 5.87. The fourth-order valence-electron chi connectivity index (χ4n) is 3.28. The Balaban J connectivity index is 1.44. The summed E-state index contributed by atoms with van der Waals surface area (Å²) in [5.41, 5.74) is 4.56. The SMILES string of the molecule is CC(C)NC(=O)Cc1ccc(-c2ccc(OCCCCc3cccnc3)cc2)cc1. The van der Waals surface area contributed by atoms with Crippen LogP contribution in [0.5, 0.6) is 5.75 Å². The maximum atomic E-state index is 11.9. The van der Waals surface area contributed by atoms with Crippen molar-refractivity contribution in [3.05, 3.63) is 84.2 Å². The van der Waals surface area contributed by atoms with Crippen molar-refractivity contribution in [1.29, 1.82) is 0 Å². The molecule has 2 aromatic carbocycles. The number of hydrogen-bond donors (Lipinski definition) is 1. The number of nitrogens with zero attached hydrogens (tertiary/aromatic N) is 1. The molecule has 0 fully saturated rings. The Kier molecular flexibility index (Phi) is 8.02. The second kappa shape index (κ2) is 11.1. The number of ether oxygens (including phenoxy) is 1. The summed E-state index contributed by atoms with van der Waals surface area (Å²) in [5.74, 6) is 0.946. The van der Waals surface area contributed by atoms with Crippen LogP contribution >= 0.6 is 0 Å². The molecule has 3 rings (SSSR count). The van der Waals surface area contributed by atoms with Crippen LogP contribution in [0.25, 0.3) is 11.1 Å². The van der Waals surface area contributed by atoms with Crippen molar-refractivity contribution in [1.82, 2.24) is 10.3 Å². The lowest BCUT2D eigenvalue weighted by molar-refractivity contribution is -0.120. The first-order valence-electron chi connectivity index (χ1n) is 10.6. The van der Waals surface area contributed by atoms with Crippen molar-refractivity contribution in [2.75, 3.05) is 6.61 Å². The van der Waals surface area contributed by atoms with Gasteiger partial charge < -0.3 is 10.1 Å². The number of carbonyl (C=O) groups is 1. The van der Waals surface area contributed by atoms with Gasteiger partial charge in [-0.2, -0.15) is 0 Å². The minimum atomic E-state index is 0.0553. The lowest BCUT2D eigenvalue weighted by Crippen LogP contribution is -2.31. The number of hydrogen-bond acceptors (Lipinski definition) is 3. The zero-order valence-electron chi connectivity index (χ0n) is 17.8. The monoisotopic (exact) mass is 402 g/mol. The van der Waals surface area contributed by atoms with E-state index in [9.17, 15) is 4.79 Å². The molecule has 0 bridgehead atoms. The third-order valence-corrected chi connectivity index (χ3v) is 4.81. The van der Waals surface area contributed by atoms with Crippen molar-refractivity contribution in [2.24, 2.45) is 0 Å². The molecule has 4 heteroatoms. The predicted octanol–water partition coefficient (Wildman–Crippen LogP) is 5.22. The molecule has 1 N–H and O–H groups in total. The first-order chi connectivity index (χ1) is 14.6. The molecular formula is C26H30N2O2. The van der Waals surface area contributed by atoms with Gasteiger partial charge in [0.05, 0.1) is 13.0 Å². The lowest BCUT2D eigenvalue weighted by Gasteiger charge is -2.09. The number of aryl methyl sites for hydroxylation is 1. The van der Waals surface area contributed by atoms with Crippen LogP contribution in [0.4, 0.5) is 0 Å². The van der Waals surface area contributed by atoms with Gasteiger partial charge in [-0.15, -0.1) is 0 Å². The van der Waals surface area contributed by atoms with E-state index in [-0.39, 0.29) is 11.9 Å². The van der Waals surface area contributed by atoms with Crippen LogP contribution in [0.1, 0.15) is 37.8 Å². The van der Waals surface area contributed by atoms with Crippen LogP contribution in [-0.4, -0.2) is 23.5 Å². The zero-order chi connectivity index (χ0) is 21.2. The third-order valence-electron chi connectivity index (χ3n) is 4.81. The quantitative estimate of drug-likeness (QED) is 0.473. The molecule has 1 heterocycles. The molecule has 1 aromatic heterocycles. The number of nitrogens with one attached hydrogen (secondary N) is 1. The van der Waals surface area contributed by atoms with Gasteiger partial charge in [0, 0.05) is 18.4 Å². The standard InChI is InChI=1S/C26H30N2O2/c1-20(2)28-26(29)18-21-8-10-23(11-9-21)24-12-14-25(15-13-24)30-17-4-3-6-22-7-5-16-27-19-22/h5,7-16,19-20H,3-4,6,17-18H2,1-2H3,(H,28,29). The van der Waals surface area contributed by atoms with E-state index in [1.54, 1.807) is 6.20 Å². The topological polar surface area (TPSA) is 51.2 Å². The Bertz CT molecular complexity index is 904. The van der Waals surface area contributed by atoms with Crippen LogP contribution in [0.3, 0.4) is 0 Å². The van der Waals surface area contributed by atoms with E-state index in [0.717, 1.165) is 41.7 Å². The molecule has 0 radical (unpaired) electrons. The molecule has 30 heavy (non-hydrogen) atoms. The number of unbranched alkanes of at least 4 members (excludes halogenated alkanes) is 1. The maximum absolute atomic E-state index is 11.9. The van der Waals surface area contributed by atoms with E-state index >= 15 is 0 Å². The largest absolute Gasteiger partial charge is 0.494 e. The Hall–Kier alpha value is -3.14. The van der Waals surface area contributed by atoms with Crippen molar-refractivity contribution < 1.29 is 9.53 Å². The first-order valence-corrected chi connectivity index (χ1v) is 10.6. The minimum Gasteiger partial charge on any atom is -0.494 e. The van der Waals surface area contributed by atoms with Gasteiger partial charge in [-0.1, -0.05) is 42.5 Å². The van der Waals surface area contributed by atoms with Gasteiger partial charge in [-0.25, -0.2) is 0 Å². The van der Waals surface area contributed by atoms with E-state index in [1.165, 1.54) is 5.56 Å². The number of carbonyl (C=O) groups excluding carboxylic acids is 1. The molecule has 0 aliphatic heterocycles. The summed E-state index contributed by atoms with van der Waals surface area (Å²) in [6.45, 7) is 4.65. The van der Waals surface area contributed by atoms with Crippen LogP contribution in [0.15, 0.2) is 73.1 Å². The highest BCUT2D eigenvalue weighted by molar-refractivity contribution is 5.79. The number of benzene rings is 2. The first kappa shape index (κ1) is 21.6. The Labute approximate surface area is 179 Å². The van der Waals surface area contributed by atoms with Crippen molar-refractivity contribution in [2.45, 2.75) is 45.6 Å². The fraction of sp³-hybridized carbons (Fsp3) is 0.308. The van der Waals surface area contributed by atoms with Crippen LogP contribution in [0, 0.1) is 0 Å². The molecule has 3 aromatic rings. The fourth-order valence-corrected chi connectivity index (χ4v) is 3.28. The van der Waals surface area contributed by atoms with Crippen molar-refractivity contribution in [3.63, 3.8) is 0 Å². The van der Waals surface area contributed by atoms with Crippen molar-refractivity contribution >= 4 is 5.91 Å². The highest BCUT2D eigenvalue weighted by Crippen LogP contribution is 2.23. The molecule has 0 saturated heterocycles. The van der Waals surface area contributed by atoms with E-state index in [4.69, 9.17) is 4.74 Å². The number of pyridine rings is 1. The van der Waals surface area contributed by atoms with Crippen molar-refractivity contribution in [3.8, 4) is 16.9 Å². The third kappa shape index (κ3) is 7.03. The predicted molar refractivity (Wildman–Crippen MR) is 122 cm³/mol. The summed E-state index contributed by atoms with van der Waals surface area (Å²) in [5, 5.41) is 2.92. The van der Waals surface area contributed by atoms with E-state index in [2.05, 4.69) is 40.6 Å². The van der Waals surface area contributed by atoms with Crippen LogP contribution in [0.2, 0.25) is 0 Å². The minimum absolute atomic E-state index is 0.0553. The highest BCUT2D eigenvalue weighted by atomic mass is 16.5.